The number of fused-ring (bicyclic) bond motifs is 1. The average molecular weight is 605 g/mol. The van der Waals surface area contributed by atoms with Gasteiger partial charge in [-0.15, -0.1) is 0 Å². The number of carbonyl (C=O) groups excluding carboxylic acids is 1. The minimum absolute atomic E-state index is 0.0877. The van der Waals surface area contributed by atoms with Gasteiger partial charge in [-0.3, -0.25) is 9.69 Å². The van der Waals surface area contributed by atoms with Crippen molar-refractivity contribution in [1.82, 2.24) is 4.90 Å². The molecule has 2 aromatic rings. The van der Waals surface area contributed by atoms with Crippen molar-refractivity contribution in [3.63, 3.8) is 0 Å². The number of hydrogen-bond acceptors (Lipinski definition) is 4. The second-order valence-electron chi connectivity index (χ2n) is 17.3. The molecule has 2 aromatic carbocycles. The van der Waals surface area contributed by atoms with Crippen molar-refractivity contribution in [3.05, 3.63) is 58.1 Å². The lowest BCUT2D eigenvalue weighted by atomic mass is 9.49. The fraction of sp³-hybridized carbons (Fsp3) is 0.675. The topological polar surface area (TPSA) is 38.8 Å². The van der Waals surface area contributed by atoms with E-state index in [1.807, 2.05) is 26.8 Å². The van der Waals surface area contributed by atoms with E-state index in [-0.39, 0.29) is 39.0 Å². The van der Waals surface area contributed by atoms with Gasteiger partial charge >= 0.3 is 0 Å². The van der Waals surface area contributed by atoms with Gasteiger partial charge in [0.2, 0.25) is 0 Å². The van der Waals surface area contributed by atoms with Crippen molar-refractivity contribution < 1.29 is 15.6 Å². The van der Waals surface area contributed by atoms with E-state index >= 15 is 0 Å². The van der Waals surface area contributed by atoms with Crippen LogP contribution in [0.25, 0.3) is 0 Å². The maximum atomic E-state index is 14.6. The highest BCUT2D eigenvalue weighted by Crippen LogP contribution is 2.62. The van der Waals surface area contributed by atoms with E-state index in [1.165, 1.54) is 11.1 Å². The summed E-state index contributed by atoms with van der Waals surface area (Å²) < 4.78 is 21.1. The van der Waals surface area contributed by atoms with Crippen molar-refractivity contribution in [3.8, 4) is 11.5 Å². The Balaban J connectivity index is 1.76. The zero-order valence-electron chi connectivity index (χ0n) is 31.8. The monoisotopic (exact) mass is 604 g/mol. The van der Waals surface area contributed by atoms with Gasteiger partial charge in [0.15, 0.2) is 17.3 Å². The van der Waals surface area contributed by atoms with Gasteiger partial charge in [-0.05, 0) is 128 Å². The Bertz CT molecular complexity index is 1470. The zero-order valence-corrected chi connectivity index (χ0v) is 30.8. The molecule has 0 bridgehead atoms. The van der Waals surface area contributed by atoms with Gasteiger partial charge in [0.1, 0.15) is 5.60 Å². The fourth-order valence-electron chi connectivity index (χ4n) is 8.78. The van der Waals surface area contributed by atoms with Gasteiger partial charge in [-0.25, -0.2) is 0 Å². The number of nitrogens with zero attached hydrogens (tertiary/aromatic N) is 1. The highest BCUT2D eigenvalue weighted by atomic mass is 16.5. The van der Waals surface area contributed by atoms with Gasteiger partial charge in [0, 0.05) is 34.5 Å². The highest BCUT2D eigenvalue weighted by Gasteiger charge is 2.61. The number of benzene rings is 2. The summed E-state index contributed by atoms with van der Waals surface area (Å²) in [6.45, 7) is 36.0. The summed E-state index contributed by atoms with van der Waals surface area (Å²) in [6, 6.07) is 10.6. The van der Waals surface area contributed by atoms with Crippen LogP contribution in [0.5, 0.6) is 11.5 Å². The summed E-state index contributed by atoms with van der Waals surface area (Å²) in [6.07, 6.45) is 0.641. The molecule has 1 fully saturated rings. The van der Waals surface area contributed by atoms with Gasteiger partial charge in [-0.2, -0.15) is 0 Å². The first-order chi connectivity index (χ1) is 20.2. The van der Waals surface area contributed by atoms with Crippen molar-refractivity contribution in [2.24, 2.45) is 16.7 Å². The van der Waals surface area contributed by atoms with E-state index in [1.54, 1.807) is 13.8 Å². The molecule has 4 rings (SSSR count). The molecule has 0 spiro atoms. The molecular weight excluding hydrogens is 542 g/mol. The maximum absolute atomic E-state index is 14.6. The lowest BCUT2D eigenvalue weighted by molar-refractivity contribution is -0.164. The van der Waals surface area contributed by atoms with Crippen molar-refractivity contribution >= 4 is 5.78 Å². The first-order valence-electron chi connectivity index (χ1n) is 17.1. The SMILES string of the molecule is [2H]C(C)(C)Oc1cc2c(c(C)c1OC(C)(C)C)C(C)(C)C(CC1(C)CCN(C(C)(C)c3ccccc3C)C(C)(C)C1(C)C)C2=O. The molecule has 1 saturated heterocycles. The minimum atomic E-state index is -1.17. The molecule has 4 nitrogen and oxygen atoms in total. The van der Waals surface area contributed by atoms with Crippen LogP contribution in [0.4, 0.5) is 0 Å². The Morgan fingerprint density at radius 1 is 1.00 bits per heavy atom. The van der Waals surface area contributed by atoms with Gasteiger partial charge < -0.3 is 9.47 Å². The van der Waals surface area contributed by atoms with Crippen LogP contribution >= 0.6 is 0 Å². The van der Waals surface area contributed by atoms with E-state index in [9.17, 15) is 4.79 Å². The third-order valence-corrected chi connectivity index (χ3v) is 12.0. The molecule has 1 heterocycles. The number of rotatable bonds is 7. The Morgan fingerprint density at radius 3 is 2.14 bits per heavy atom. The summed E-state index contributed by atoms with van der Waals surface area (Å²) >= 11 is 0. The predicted octanol–water partition coefficient (Wildman–Crippen LogP) is 10.2. The molecule has 0 aromatic heterocycles. The molecule has 1 aliphatic heterocycles. The third kappa shape index (κ3) is 5.41. The maximum Gasteiger partial charge on any atom is 0.167 e. The predicted molar refractivity (Wildman–Crippen MR) is 184 cm³/mol. The number of hydrogen-bond donors (Lipinski definition) is 0. The number of likely N-dealkylation sites (tertiary alicyclic amines) is 1. The summed E-state index contributed by atoms with van der Waals surface area (Å²) in [7, 11) is 0. The lowest BCUT2D eigenvalue weighted by Crippen LogP contribution is -2.69. The van der Waals surface area contributed by atoms with Crippen LogP contribution in [-0.4, -0.2) is 34.4 Å². The molecule has 244 valence electrons. The van der Waals surface area contributed by atoms with Crippen molar-refractivity contribution in [2.75, 3.05) is 6.54 Å². The Kier molecular flexibility index (Phi) is 8.18. The Labute approximate surface area is 270 Å². The Hall–Kier alpha value is -2.33. The van der Waals surface area contributed by atoms with Crippen LogP contribution in [0.2, 0.25) is 0 Å². The average Bonchev–Trinajstić information content (AvgIpc) is 3.03. The van der Waals surface area contributed by atoms with Gasteiger partial charge in [0.25, 0.3) is 0 Å². The third-order valence-electron chi connectivity index (χ3n) is 12.0. The summed E-state index contributed by atoms with van der Waals surface area (Å²) in [5, 5.41) is 0. The van der Waals surface area contributed by atoms with E-state index in [0.29, 0.717) is 11.5 Å². The van der Waals surface area contributed by atoms with E-state index in [0.717, 1.165) is 36.1 Å². The van der Waals surface area contributed by atoms with Crippen LogP contribution in [-0.2, 0) is 11.0 Å². The van der Waals surface area contributed by atoms with Crippen molar-refractivity contribution in [2.45, 2.75) is 152 Å². The molecule has 0 saturated carbocycles. The molecule has 0 amide bonds. The molecule has 1 aliphatic carbocycles. The fourth-order valence-corrected chi connectivity index (χ4v) is 8.78. The molecule has 4 heteroatoms. The molecule has 2 aliphatic rings. The number of ether oxygens (including phenoxy) is 2. The zero-order chi connectivity index (χ0) is 34.3. The van der Waals surface area contributed by atoms with E-state index in [2.05, 4.69) is 105 Å². The van der Waals surface area contributed by atoms with Crippen LogP contribution in [0, 0.1) is 30.6 Å². The Morgan fingerprint density at radius 2 is 1.59 bits per heavy atom. The summed E-state index contributed by atoms with van der Waals surface area (Å²) in [4.78, 5) is 17.3. The molecule has 2 atom stereocenters. The summed E-state index contributed by atoms with van der Waals surface area (Å²) in [5.74, 6) is 1.13. The van der Waals surface area contributed by atoms with E-state index in [4.69, 9.17) is 10.8 Å². The molecule has 44 heavy (non-hydrogen) atoms. The molecule has 0 N–H and O–H groups in total. The number of ketones is 1. The lowest BCUT2D eigenvalue weighted by Gasteiger charge is -2.66. The quantitative estimate of drug-likeness (QED) is 0.315. The highest BCUT2D eigenvalue weighted by molar-refractivity contribution is 6.05. The normalized spacial score (nSPS) is 25.4. The largest absolute Gasteiger partial charge is 0.487 e. The molecule has 0 radical (unpaired) electrons. The second kappa shape index (κ2) is 10.9. The first kappa shape index (κ1) is 33.0. The second-order valence-corrected chi connectivity index (χ2v) is 17.3. The van der Waals surface area contributed by atoms with Crippen LogP contribution in [0.1, 0.15) is 144 Å². The van der Waals surface area contributed by atoms with Gasteiger partial charge in [0.05, 0.1) is 7.45 Å². The van der Waals surface area contributed by atoms with Gasteiger partial charge in [-0.1, -0.05) is 58.9 Å². The minimum Gasteiger partial charge on any atom is -0.487 e. The van der Waals surface area contributed by atoms with Crippen LogP contribution in [0.3, 0.4) is 0 Å². The smallest absolute Gasteiger partial charge is 0.167 e. The van der Waals surface area contributed by atoms with Crippen LogP contribution < -0.4 is 9.47 Å². The molecular formula is C40H61NO3. The number of aryl methyl sites for hydroxylation is 1. The first-order valence-corrected chi connectivity index (χ1v) is 16.6. The van der Waals surface area contributed by atoms with E-state index < -0.39 is 11.7 Å². The summed E-state index contributed by atoms with van der Waals surface area (Å²) in [5.41, 5.74) is 4.09. The van der Waals surface area contributed by atoms with Crippen LogP contribution in [0.15, 0.2) is 30.3 Å². The molecule has 2 unspecified atom stereocenters. The number of Topliss-reactive ketones (excluding diaryl/α,β-unsaturated/α-hetero) is 1. The standard InChI is InChI=1S/C40H61NO3/c1-25(2)43-31-23-28-32(27(4)34(31)44-35(5,6)7)36(8,9)30(33(28)42)24-40(16)21-22-41(39(14,15)38(40,12)13)37(10,11)29-20-18-17-19-26(29)3/h17-20,23,25,30H,21-22,24H2,1-16H3/i25D. The number of piperidine rings is 1. The van der Waals surface area contributed by atoms with Crippen molar-refractivity contribution in [1.29, 1.82) is 0 Å². The number of carbonyl (C=O) groups is 1.